The van der Waals surface area contributed by atoms with Gasteiger partial charge in [0.25, 0.3) is 5.91 Å². The summed E-state index contributed by atoms with van der Waals surface area (Å²) in [6.07, 6.45) is 0. The van der Waals surface area contributed by atoms with E-state index in [2.05, 4.69) is 0 Å². The lowest BCUT2D eigenvalue weighted by atomic mass is 10.0. The van der Waals surface area contributed by atoms with Gasteiger partial charge in [-0.15, -0.1) is 11.8 Å². The normalized spacial score (nSPS) is 20.9. The lowest BCUT2D eigenvalue weighted by Gasteiger charge is -2.33. The van der Waals surface area contributed by atoms with Gasteiger partial charge in [0.05, 0.1) is 12.2 Å². The van der Waals surface area contributed by atoms with Gasteiger partial charge < -0.3 is 14.5 Å². The van der Waals surface area contributed by atoms with Crippen LogP contribution in [-0.4, -0.2) is 42.7 Å². The van der Waals surface area contributed by atoms with E-state index in [4.69, 9.17) is 4.74 Å². The van der Waals surface area contributed by atoms with Crippen molar-refractivity contribution >= 4 is 29.3 Å². The van der Waals surface area contributed by atoms with Gasteiger partial charge in [-0.1, -0.05) is 35.9 Å². The zero-order chi connectivity index (χ0) is 19.9. The first-order valence-electron chi connectivity index (χ1n) is 9.09. The van der Waals surface area contributed by atoms with Gasteiger partial charge >= 0.3 is 0 Å². The molecular formula is C21H21FN2O3S. The van der Waals surface area contributed by atoms with Gasteiger partial charge in [-0.05, 0) is 19.1 Å². The van der Waals surface area contributed by atoms with E-state index in [1.165, 1.54) is 24.9 Å². The minimum absolute atomic E-state index is 0.0793. The number of anilines is 1. The number of ether oxygens (including phenoxy) is 1. The summed E-state index contributed by atoms with van der Waals surface area (Å²) in [5, 5.41) is 0. The van der Waals surface area contributed by atoms with Gasteiger partial charge in [0.2, 0.25) is 5.91 Å². The number of nitrogens with zero attached hydrogens (tertiary/aromatic N) is 2. The number of benzene rings is 2. The first kappa shape index (κ1) is 19.0. The summed E-state index contributed by atoms with van der Waals surface area (Å²) in [5.41, 5.74) is 2.96. The Labute approximate surface area is 167 Å². The first-order chi connectivity index (χ1) is 13.5. The van der Waals surface area contributed by atoms with E-state index < -0.39 is 4.87 Å². The molecule has 2 aliphatic heterocycles. The Kier molecular flexibility index (Phi) is 4.89. The van der Waals surface area contributed by atoms with Crippen LogP contribution in [0.15, 0.2) is 42.5 Å². The molecule has 28 heavy (non-hydrogen) atoms. The number of halogens is 1. The largest absolute Gasteiger partial charge is 0.375 e. The number of fused-ring (bicyclic) bond motifs is 2. The average Bonchev–Trinajstić information content (AvgIpc) is 3.21. The topological polar surface area (TPSA) is 49.9 Å². The maximum absolute atomic E-state index is 14.3. The Balaban J connectivity index is 1.81. The van der Waals surface area contributed by atoms with Gasteiger partial charge in [-0.2, -0.15) is 0 Å². The third kappa shape index (κ3) is 2.81. The van der Waals surface area contributed by atoms with Crippen LogP contribution in [0.5, 0.6) is 0 Å². The Morgan fingerprint density at radius 1 is 1.29 bits per heavy atom. The smallest absolute Gasteiger partial charge is 0.268 e. The number of carbonyl (C=O) groups is 2. The van der Waals surface area contributed by atoms with Crippen molar-refractivity contribution < 1.29 is 18.7 Å². The van der Waals surface area contributed by atoms with Crippen LogP contribution < -0.4 is 4.90 Å². The molecule has 5 nitrogen and oxygen atoms in total. The summed E-state index contributed by atoms with van der Waals surface area (Å²) in [4.78, 5) is 28.5. The summed E-state index contributed by atoms with van der Waals surface area (Å²) >= 11 is 1.46. The molecule has 0 unspecified atom stereocenters. The molecule has 0 bridgehead atoms. The fraction of sp³-hybridized carbons (Fsp3) is 0.333. The predicted octanol–water partition coefficient (Wildman–Crippen LogP) is 3.06. The first-order valence-corrected chi connectivity index (χ1v) is 10.1. The number of hydrogen-bond acceptors (Lipinski definition) is 4. The Morgan fingerprint density at radius 2 is 2.07 bits per heavy atom. The van der Waals surface area contributed by atoms with Crippen molar-refractivity contribution in [2.24, 2.45) is 0 Å². The molecule has 2 aliphatic rings. The third-order valence-electron chi connectivity index (χ3n) is 5.20. The highest BCUT2D eigenvalue weighted by Crippen LogP contribution is 2.54. The summed E-state index contributed by atoms with van der Waals surface area (Å²) < 4.78 is 19.3. The summed E-state index contributed by atoms with van der Waals surface area (Å²) in [5.74, 6) is -0.122. The van der Waals surface area contributed by atoms with Gasteiger partial charge in [0.15, 0.2) is 4.87 Å². The Bertz CT molecular complexity index is 951. The molecule has 0 radical (unpaired) electrons. The lowest BCUT2D eigenvalue weighted by molar-refractivity contribution is -0.143. The Morgan fingerprint density at radius 3 is 2.82 bits per heavy atom. The van der Waals surface area contributed by atoms with E-state index in [1.54, 1.807) is 28.0 Å². The van der Waals surface area contributed by atoms with Crippen molar-refractivity contribution in [2.45, 2.75) is 18.3 Å². The monoisotopic (exact) mass is 400 g/mol. The molecule has 0 aliphatic carbocycles. The van der Waals surface area contributed by atoms with Crippen LogP contribution in [0, 0.1) is 12.7 Å². The highest BCUT2D eigenvalue weighted by atomic mass is 32.2. The zero-order valence-corrected chi connectivity index (χ0v) is 16.6. The third-order valence-corrected chi connectivity index (χ3v) is 6.62. The van der Waals surface area contributed by atoms with E-state index in [-0.39, 0.29) is 30.8 Å². The zero-order valence-electron chi connectivity index (χ0n) is 15.8. The van der Waals surface area contributed by atoms with Crippen molar-refractivity contribution in [1.82, 2.24) is 4.90 Å². The molecule has 1 atom stereocenters. The number of thioether (sulfide) groups is 1. The molecule has 2 amide bonds. The molecular weight excluding hydrogens is 379 g/mol. The van der Waals surface area contributed by atoms with E-state index in [1.807, 2.05) is 25.1 Å². The number of hydrogen-bond donors (Lipinski definition) is 0. The second kappa shape index (κ2) is 7.22. The van der Waals surface area contributed by atoms with Crippen molar-refractivity contribution in [1.29, 1.82) is 0 Å². The molecule has 2 aromatic carbocycles. The van der Waals surface area contributed by atoms with Crippen LogP contribution in [0.2, 0.25) is 0 Å². The molecule has 7 heteroatoms. The van der Waals surface area contributed by atoms with Crippen LogP contribution in [0.25, 0.3) is 0 Å². The summed E-state index contributed by atoms with van der Waals surface area (Å²) in [7, 11) is 1.47. The molecule has 1 fully saturated rings. The minimum atomic E-state index is -1.11. The predicted molar refractivity (Wildman–Crippen MR) is 106 cm³/mol. The minimum Gasteiger partial charge on any atom is -0.375 e. The quantitative estimate of drug-likeness (QED) is 0.792. The standard InChI is InChI=1S/C21H21FN2O3S/c1-14-7-8-18-16(11-14)21(24(9-10-28-21)19(25)13-27-2)20(26)23(18)12-15-5-3-4-6-17(15)22/h3-8,11H,9-10,12-13H2,1-2H3/t21-/m0/s1. The molecule has 1 saturated heterocycles. The van der Waals surface area contributed by atoms with Crippen LogP contribution in [0.3, 0.4) is 0 Å². The maximum Gasteiger partial charge on any atom is 0.268 e. The molecule has 0 aromatic heterocycles. The van der Waals surface area contributed by atoms with Crippen LogP contribution in [-0.2, 0) is 25.7 Å². The maximum atomic E-state index is 14.3. The molecule has 2 heterocycles. The van der Waals surface area contributed by atoms with Gasteiger partial charge in [-0.25, -0.2) is 4.39 Å². The summed E-state index contributed by atoms with van der Waals surface area (Å²) in [6.45, 7) is 2.47. The van der Waals surface area contributed by atoms with Crippen LogP contribution in [0.4, 0.5) is 10.1 Å². The van der Waals surface area contributed by atoms with Gasteiger partial charge in [-0.3, -0.25) is 9.59 Å². The summed E-state index contributed by atoms with van der Waals surface area (Å²) in [6, 6.07) is 12.2. The fourth-order valence-corrected chi connectivity index (χ4v) is 5.41. The van der Waals surface area contributed by atoms with E-state index >= 15 is 0 Å². The SMILES string of the molecule is COCC(=O)N1CCS[C@@]12C(=O)N(Cc1ccccc1F)c1ccc(C)cc12. The molecule has 4 rings (SSSR count). The number of carbonyl (C=O) groups excluding carboxylic acids is 2. The molecule has 146 valence electrons. The molecule has 1 spiro atoms. The molecule has 0 saturated carbocycles. The number of aryl methyl sites for hydroxylation is 1. The number of amides is 2. The van der Waals surface area contributed by atoms with Crippen molar-refractivity contribution in [3.05, 3.63) is 65.0 Å². The number of methoxy groups -OCH3 is 1. The fourth-order valence-electron chi connectivity index (χ4n) is 3.94. The number of rotatable bonds is 4. The average molecular weight is 400 g/mol. The second-order valence-electron chi connectivity index (χ2n) is 6.97. The highest BCUT2D eigenvalue weighted by molar-refractivity contribution is 8.01. The molecule has 2 aromatic rings. The van der Waals surface area contributed by atoms with Crippen molar-refractivity contribution in [2.75, 3.05) is 30.9 Å². The van der Waals surface area contributed by atoms with Crippen LogP contribution >= 0.6 is 11.8 Å². The lowest BCUT2D eigenvalue weighted by Crippen LogP contribution is -2.51. The Hall–Kier alpha value is -2.38. The van der Waals surface area contributed by atoms with Gasteiger partial charge in [0, 0.05) is 30.5 Å². The van der Waals surface area contributed by atoms with E-state index in [0.29, 0.717) is 17.9 Å². The highest BCUT2D eigenvalue weighted by Gasteiger charge is 2.59. The molecule has 0 N–H and O–H groups in total. The van der Waals surface area contributed by atoms with Crippen LogP contribution in [0.1, 0.15) is 16.7 Å². The second-order valence-corrected chi connectivity index (χ2v) is 8.26. The van der Waals surface area contributed by atoms with Gasteiger partial charge in [0.1, 0.15) is 12.4 Å². The van der Waals surface area contributed by atoms with Crippen molar-refractivity contribution in [3.8, 4) is 0 Å². The van der Waals surface area contributed by atoms with E-state index in [9.17, 15) is 14.0 Å². The van der Waals surface area contributed by atoms with Crippen molar-refractivity contribution in [3.63, 3.8) is 0 Å². The van der Waals surface area contributed by atoms with E-state index in [0.717, 1.165) is 16.8 Å².